The van der Waals surface area contributed by atoms with Crippen LogP contribution < -0.4 is 0 Å². The van der Waals surface area contributed by atoms with Gasteiger partial charge in [0.15, 0.2) is 24.8 Å². The Labute approximate surface area is 208 Å². The van der Waals surface area contributed by atoms with Crippen LogP contribution >= 0.6 is 23.2 Å². The second kappa shape index (κ2) is 10.3. The minimum Gasteiger partial charge on any atom is -0.457 e. The Morgan fingerprint density at radius 2 is 1.24 bits per heavy atom. The first-order chi connectivity index (χ1) is 16.0. The largest absolute Gasteiger partial charge is 0.457 e. The first-order valence-corrected chi connectivity index (χ1v) is 11.6. The fourth-order valence-electron chi connectivity index (χ4n) is 4.24. The molecule has 1 saturated carbocycles. The summed E-state index contributed by atoms with van der Waals surface area (Å²) in [4.78, 5) is 50.5. The number of carbonyl (C=O) groups is 4. The van der Waals surface area contributed by atoms with Crippen molar-refractivity contribution in [1.29, 1.82) is 0 Å². The fraction of sp³-hybridized carbons (Fsp3) is 0.385. The third kappa shape index (κ3) is 5.34. The predicted molar refractivity (Wildman–Crippen MR) is 128 cm³/mol. The van der Waals surface area contributed by atoms with E-state index in [0.717, 1.165) is 0 Å². The second-order valence-electron chi connectivity index (χ2n) is 9.19. The molecule has 1 fully saturated rings. The van der Waals surface area contributed by atoms with E-state index in [9.17, 15) is 19.2 Å². The highest BCUT2D eigenvalue weighted by atomic mass is 35.5. The average Bonchev–Trinajstić information content (AvgIpc) is 3.06. The van der Waals surface area contributed by atoms with Gasteiger partial charge in [0.25, 0.3) is 0 Å². The summed E-state index contributed by atoms with van der Waals surface area (Å²) in [5, 5.41) is 1.00. The fourth-order valence-corrected chi connectivity index (χ4v) is 4.50. The molecular weight excluding hydrogens is 479 g/mol. The first-order valence-electron chi connectivity index (χ1n) is 10.9. The highest BCUT2D eigenvalue weighted by Gasteiger charge is 2.59. The smallest absolute Gasteiger partial charge is 0.312 e. The summed E-state index contributed by atoms with van der Waals surface area (Å²) in [6, 6.07) is 12.6. The number of halogens is 2. The summed E-state index contributed by atoms with van der Waals surface area (Å²) in [6.07, 6.45) is 0.788. The maximum absolute atomic E-state index is 13.0. The molecule has 0 aliphatic heterocycles. The van der Waals surface area contributed by atoms with E-state index in [2.05, 4.69) is 0 Å². The van der Waals surface area contributed by atoms with Crippen LogP contribution in [0.4, 0.5) is 0 Å². The molecule has 2 unspecified atom stereocenters. The molecule has 3 rings (SSSR count). The average molecular weight is 505 g/mol. The lowest BCUT2D eigenvalue weighted by molar-refractivity contribution is -0.164. The van der Waals surface area contributed by atoms with Gasteiger partial charge in [-0.1, -0.05) is 37.0 Å². The summed E-state index contributed by atoms with van der Waals surface area (Å²) in [7, 11) is 0. The van der Waals surface area contributed by atoms with Crippen molar-refractivity contribution in [3.63, 3.8) is 0 Å². The predicted octanol–water partition coefficient (Wildman–Crippen LogP) is 5.59. The van der Waals surface area contributed by atoms with Gasteiger partial charge in [-0.15, -0.1) is 0 Å². The molecular formula is C26H26Cl2O6. The lowest BCUT2D eigenvalue weighted by Gasteiger charge is -2.38. The normalized spacial score (nSPS) is 21.0. The van der Waals surface area contributed by atoms with Gasteiger partial charge < -0.3 is 9.47 Å². The number of benzene rings is 2. The maximum atomic E-state index is 13.0. The molecule has 0 aromatic heterocycles. The number of rotatable bonds is 8. The van der Waals surface area contributed by atoms with Gasteiger partial charge in [-0.05, 0) is 73.7 Å². The number of hydrogen-bond acceptors (Lipinski definition) is 6. The minimum absolute atomic E-state index is 0.344. The lowest BCUT2D eigenvalue weighted by atomic mass is 9.65. The number of hydrogen-bond donors (Lipinski definition) is 0. The molecule has 0 bridgehead atoms. The van der Waals surface area contributed by atoms with Crippen LogP contribution in [0.1, 0.15) is 54.3 Å². The standard InChI is InChI=1S/C26H26Cl2O6/c1-25(2)20(23(31)33-14-21(29)16-4-8-18(27)9-5-16)12-13-26(25,3)24(32)34-15-22(30)17-6-10-19(28)11-7-17/h4-11,20H,12-15H2,1-3H3. The first kappa shape index (κ1) is 25.9. The van der Waals surface area contributed by atoms with Crippen molar-refractivity contribution in [3.8, 4) is 0 Å². The molecule has 2 atom stereocenters. The van der Waals surface area contributed by atoms with Crippen molar-refractivity contribution >= 4 is 46.7 Å². The molecule has 34 heavy (non-hydrogen) atoms. The molecule has 0 saturated heterocycles. The molecule has 1 aliphatic carbocycles. The van der Waals surface area contributed by atoms with Crippen LogP contribution in [0.3, 0.4) is 0 Å². The van der Waals surface area contributed by atoms with Gasteiger partial charge in [0.05, 0.1) is 11.3 Å². The Hall–Kier alpha value is -2.70. The van der Waals surface area contributed by atoms with Crippen molar-refractivity contribution in [2.75, 3.05) is 13.2 Å². The summed E-state index contributed by atoms with van der Waals surface area (Å²) in [5.74, 6) is -2.38. The van der Waals surface area contributed by atoms with Crippen molar-refractivity contribution in [1.82, 2.24) is 0 Å². The van der Waals surface area contributed by atoms with Crippen LogP contribution in [0.25, 0.3) is 0 Å². The Balaban J connectivity index is 1.59. The molecule has 180 valence electrons. The molecule has 2 aromatic rings. The van der Waals surface area contributed by atoms with E-state index in [4.69, 9.17) is 32.7 Å². The SMILES string of the molecule is CC1(C(=O)OCC(=O)c2ccc(Cl)cc2)CCC(C(=O)OCC(=O)c2ccc(Cl)cc2)C1(C)C. The van der Waals surface area contributed by atoms with Crippen molar-refractivity contribution in [2.45, 2.75) is 33.6 Å². The number of carbonyl (C=O) groups excluding carboxylic acids is 4. The van der Waals surface area contributed by atoms with Crippen molar-refractivity contribution in [3.05, 3.63) is 69.7 Å². The number of Topliss-reactive ketones (excluding diaryl/α,β-unsaturated/α-hetero) is 2. The van der Waals surface area contributed by atoms with Gasteiger partial charge in [0.2, 0.25) is 0 Å². The van der Waals surface area contributed by atoms with E-state index >= 15 is 0 Å². The molecule has 1 aliphatic rings. The van der Waals surface area contributed by atoms with E-state index in [1.54, 1.807) is 69.3 Å². The Morgan fingerprint density at radius 1 is 0.794 bits per heavy atom. The molecule has 0 heterocycles. The molecule has 8 heteroatoms. The lowest BCUT2D eigenvalue weighted by Crippen LogP contribution is -2.44. The molecule has 6 nitrogen and oxygen atoms in total. The highest BCUT2D eigenvalue weighted by molar-refractivity contribution is 6.31. The van der Waals surface area contributed by atoms with Crippen molar-refractivity contribution in [2.24, 2.45) is 16.7 Å². The van der Waals surface area contributed by atoms with Gasteiger partial charge in [-0.3, -0.25) is 19.2 Å². The van der Waals surface area contributed by atoms with Gasteiger partial charge in [0.1, 0.15) is 0 Å². The summed E-state index contributed by atoms with van der Waals surface area (Å²) in [5.41, 5.74) is -1.04. The minimum atomic E-state index is -1.00. The molecule has 0 amide bonds. The number of esters is 2. The van der Waals surface area contributed by atoms with Crippen LogP contribution in [0.15, 0.2) is 48.5 Å². The van der Waals surface area contributed by atoms with Crippen LogP contribution in [0.2, 0.25) is 10.0 Å². The second-order valence-corrected chi connectivity index (χ2v) is 10.1. The van der Waals surface area contributed by atoms with Gasteiger partial charge >= 0.3 is 11.9 Å². The van der Waals surface area contributed by atoms with E-state index in [-0.39, 0.29) is 11.6 Å². The monoisotopic (exact) mass is 504 g/mol. The Bertz CT molecular complexity index is 1090. The van der Waals surface area contributed by atoms with E-state index in [0.29, 0.717) is 34.0 Å². The third-order valence-electron chi connectivity index (χ3n) is 6.97. The van der Waals surface area contributed by atoms with E-state index in [1.165, 1.54) is 0 Å². The molecule has 2 aromatic carbocycles. The zero-order valence-electron chi connectivity index (χ0n) is 19.2. The zero-order chi connectivity index (χ0) is 25.1. The molecule has 0 radical (unpaired) electrons. The zero-order valence-corrected chi connectivity index (χ0v) is 20.7. The van der Waals surface area contributed by atoms with Crippen LogP contribution in [-0.4, -0.2) is 36.7 Å². The topological polar surface area (TPSA) is 86.7 Å². The summed E-state index contributed by atoms with van der Waals surface area (Å²) < 4.78 is 10.7. The maximum Gasteiger partial charge on any atom is 0.312 e. The molecule has 0 spiro atoms. The molecule has 0 N–H and O–H groups in total. The van der Waals surface area contributed by atoms with E-state index in [1.807, 2.05) is 0 Å². The van der Waals surface area contributed by atoms with E-state index < -0.39 is 41.9 Å². The van der Waals surface area contributed by atoms with Gasteiger partial charge in [-0.2, -0.15) is 0 Å². The number of ketones is 2. The summed E-state index contributed by atoms with van der Waals surface area (Å²) >= 11 is 11.7. The summed E-state index contributed by atoms with van der Waals surface area (Å²) in [6.45, 7) is 4.53. The van der Waals surface area contributed by atoms with Crippen molar-refractivity contribution < 1.29 is 28.7 Å². The third-order valence-corrected chi connectivity index (χ3v) is 7.48. The highest BCUT2D eigenvalue weighted by Crippen LogP contribution is 2.56. The Kier molecular flexibility index (Phi) is 7.84. The van der Waals surface area contributed by atoms with Gasteiger partial charge in [-0.25, -0.2) is 0 Å². The number of ether oxygens (including phenoxy) is 2. The Morgan fingerprint density at radius 3 is 1.71 bits per heavy atom. The van der Waals surface area contributed by atoms with Crippen LogP contribution in [-0.2, 0) is 19.1 Å². The van der Waals surface area contributed by atoms with Gasteiger partial charge in [0, 0.05) is 21.2 Å². The van der Waals surface area contributed by atoms with Crippen LogP contribution in [0.5, 0.6) is 0 Å². The quantitative estimate of drug-likeness (QED) is 0.344. The van der Waals surface area contributed by atoms with Crippen LogP contribution in [0, 0.1) is 16.7 Å².